The SMILES string of the molecule is CCCc1ccc(NC(=O)c2cccc(C(=N)N)c2)cc1. The van der Waals surface area contributed by atoms with Crippen LogP contribution in [0.1, 0.15) is 34.8 Å². The molecule has 0 fully saturated rings. The number of nitrogen functional groups attached to an aromatic ring is 1. The zero-order valence-corrected chi connectivity index (χ0v) is 12.0. The minimum atomic E-state index is -0.207. The molecule has 108 valence electrons. The minimum absolute atomic E-state index is 0.0476. The van der Waals surface area contributed by atoms with Crippen LogP contribution in [0.3, 0.4) is 0 Å². The molecule has 0 radical (unpaired) electrons. The summed E-state index contributed by atoms with van der Waals surface area (Å²) < 4.78 is 0. The zero-order valence-electron chi connectivity index (χ0n) is 12.0. The molecule has 0 atom stereocenters. The second-order valence-electron chi connectivity index (χ2n) is 4.90. The number of carbonyl (C=O) groups is 1. The summed E-state index contributed by atoms with van der Waals surface area (Å²) in [4.78, 5) is 12.2. The van der Waals surface area contributed by atoms with Crippen LogP contribution in [0.25, 0.3) is 0 Å². The number of amides is 1. The van der Waals surface area contributed by atoms with Crippen LogP contribution in [-0.2, 0) is 6.42 Å². The Labute approximate surface area is 124 Å². The number of benzene rings is 2. The number of rotatable bonds is 5. The molecular formula is C17H19N3O. The van der Waals surface area contributed by atoms with Gasteiger partial charge in [0.25, 0.3) is 5.91 Å². The number of anilines is 1. The van der Waals surface area contributed by atoms with Crippen LogP contribution in [0.15, 0.2) is 48.5 Å². The lowest BCUT2D eigenvalue weighted by molar-refractivity contribution is 0.102. The van der Waals surface area contributed by atoms with Crippen molar-refractivity contribution in [3.8, 4) is 0 Å². The molecule has 0 aliphatic rings. The summed E-state index contributed by atoms with van der Waals surface area (Å²) in [6.07, 6.45) is 2.14. The summed E-state index contributed by atoms with van der Waals surface area (Å²) in [5.74, 6) is -0.255. The van der Waals surface area contributed by atoms with Crippen LogP contribution in [-0.4, -0.2) is 11.7 Å². The standard InChI is InChI=1S/C17H19N3O/c1-2-4-12-7-9-15(10-8-12)20-17(21)14-6-3-5-13(11-14)16(18)19/h3,5-11H,2,4H2,1H3,(H3,18,19)(H,20,21). The van der Waals surface area contributed by atoms with E-state index in [0.717, 1.165) is 18.5 Å². The number of hydrogen-bond acceptors (Lipinski definition) is 2. The van der Waals surface area contributed by atoms with Gasteiger partial charge in [-0.15, -0.1) is 0 Å². The molecule has 0 saturated heterocycles. The summed E-state index contributed by atoms with van der Waals surface area (Å²) >= 11 is 0. The highest BCUT2D eigenvalue weighted by atomic mass is 16.1. The Morgan fingerprint density at radius 2 is 1.81 bits per heavy atom. The van der Waals surface area contributed by atoms with Gasteiger partial charge < -0.3 is 11.1 Å². The molecule has 0 heterocycles. The molecule has 0 aliphatic carbocycles. The van der Waals surface area contributed by atoms with E-state index in [2.05, 4.69) is 12.2 Å². The van der Waals surface area contributed by atoms with Crippen molar-refractivity contribution in [2.24, 2.45) is 5.73 Å². The summed E-state index contributed by atoms with van der Waals surface area (Å²) in [5.41, 5.74) is 8.48. The molecule has 0 bridgehead atoms. The normalized spacial score (nSPS) is 10.1. The molecule has 0 aromatic heterocycles. The molecular weight excluding hydrogens is 262 g/mol. The first-order valence-electron chi connectivity index (χ1n) is 6.95. The van der Waals surface area contributed by atoms with Gasteiger partial charge in [0.1, 0.15) is 5.84 Å². The largest absolute Gasteiger partial charge is 0.384 e. The van der Waals surface area contributed by atoms with E-state index in [4.69, 9.17) is 11.1 Å². The summed E-state index contributed by atoms with van der Waals surface area (Å²) in [6, 6.07) is 14.6. The Morgan fingerprint density at radius 1 is 1.14 bits per heavy atom. The molecule has 1 amide bonds. The first-order chi connectivity index (χ1) is 10.1. The van der Waals surface area contributed by atoms with Crippen molar-refractivity contribution in [1.82, 2.24) is 0 Å². The van der Waals surface area contributed by atoms with E-state index in [0.29, 0.717) is 11.1 Å². The third-order valence-corrected chi connectivity index (χ3v) is 3.19. The Balaban J connectivity index is 2.10. The van der Waals surface area contributed by atoms with Crippen molar-refractivity contribution in [1.29, 1.82) is 5.41 Å². The Kier molecular flexibility index (Phi) is 4.72. The van der Waals surface area contributed by atoms with E-state index in [9.17, 15) is 4.79 Å². The molecule has 0 unspecified atom stereocenters. The molecule has 4 N–H and O–H groups in total. The lowest BCUT2D eigenvalue weighted by atomic mass is 10.1. The molecule has 2 aromatic rings. The third kappa shape index (κ3) is 3.92. The van der Waals surface area contributed by atoms with Crippen LogP contribution in [0, 0.1) is 5.41 Å². The molecule has 4 heteroatoms. The van der Waals surface area contributed by atoms with Gasteiger partial charge in [-0.25, -0.2) is 0 Å². The topological polar surface area (TPSA) is 79.0 Å². The monoisotopic (exact) mass is 281 g/mol. The van der Waals surface area contributed by atoms with E-state index in [1.165, 1.54) is 5.56 Å². The fraction of sp³-hybridized carbons (Fsp3) is 0.176. The zero-order chi connectivity index (χ0) is 15.2. The number of nitrogens with two attached hydrogens (primary N) is 1. The molecule has 0 saturated carbocycles. The highest BCUT2D eigenvalue weighted by Crippen LogP contribution is 2.13. The molecule has 2 aromatic carbocycles. The van der Waals surface area contributed by atoms with Crippen LogP contribution in [0.2, 0.25) is 0 Å². The van der Waals surface area contributed by atoms with E-state index in [1.807, 2.05) is 24.3 Å². The Hall–Kier alpha value is -2.62. The van der Waals surface area contributed by atoms with Gasteiger partial charge in [0.2, 0.25) is 0 Å². The van der Waals surface area contributed by atoms with Crippen molar-refractivity contribution in [3.63, 3.8) is 0 Å². The molecule has 4 nitrogen and oxygen atoms in total. The quantitative estimate of drug-likeness (QED) is 0.581. The predicted molar refractivity (Wildman–Crippen MR) is 85.8 cm³/mol. The number of hydrogen-bond donors (Lipinski definition) is 3. The lowest BCUT2D eigenvalue weighted by Gasteiger charge is -2.07. The number of carbonyl (C=O) groups excluding carboxylic acids is 1. The van der Waals surface area contributed by atoms with Crippen LogP contribution >= 0.6 is 0 Å². The number of aryl methyl sites for hydroxylation is 1. The lowest BCUT2D eigenvalue weighted by Crippen LogP contribution is -2.15. The first-order valence-corrected chi connectivity index (χ1v) is 6.95. The summed E-state index contributed by atoms with van der Waals surface area (Å²) in [5, 5.41) is 10.2. The first kappa shape index (κ1) is 14.8. The van der Waals surface area contributed by atoms with E-state index in [-0.39, 0.29) is 11.7 Å². The van der Waals surface area contributed by atoms with Gasteiger partial charge in [-0.05, 0) is 36.2 Å². The Bertz CT molecular complexity index is 647. The predicted octanol–water partition coefficient (Wildman–Crippen LogP) is 3.18. The van der Waals surface area contributed by atoms with Crippen LogP contribution in [0.4, 0.5) is 5.69 Å². The molecule has 0 aliphatic heterocycles. The summed E-state index contributed by atoms with van der Waals surface area (Å²) in [7, 11) is 0. The highest BCUT2D eigenvalue weighted by molar-refractivity contribution is 6.06. The van der Waals surface area contributed by atoms with Crippen molar-refractivity contribution < 1.29 is 4.79 Å². The summed E-state index contributed by atoms with van der Waals surface area (Å²) in [6.45, 7) is 2.14. The van der Waals surface area contributed by atoms with Gasteiger partial charge in [0.15, 0.2) is 0 Å². The van der Waals surface area contributed by atoms with E-state index >= 15 is 0 Å². The van der Waals surface area contributed by atoms with Crippen molar-refractivity contribution in [2.45, 2.75) is 19.8 Å². The van der Waals surface area contributed by atoms with Crippen molar-refractivity contribution in [3.05, 3.63) is 65.2 Å². The van der Waals surface area contributed by atoms with Gasteiger partial charge in [-0.2, -0.15) is 0 Å². The average molecular weight is 281 g/mol. The maximum atomic E-state index is 12.2. The maximum absolute atomic E-state index is 12.2. The van der Waals surface area contributed by atoms with Gasteiger partial charge in [-0.3, -0.25) is 10.2 Å². The molecule has 21 heavy (non-hydrogen) atoms. The van der Waals surface area contributed by atoms with Crippen molar-refractivity contribution >= 4 is 17.4 Å². The van der Waals surface area contributed by atoms with Gasteiger partial charge >= 0.3 is 0 Å². The third-order valence-electron chi connectivity index (χ3n) is 3.19. The smallest absolute Gasteiger partial charge is 0.255 e. The maximum Gasteiger partial charge on any atom is 0.255 e. The van der Waals surface area contributed by atoms with Gasteiger partial charge in [0, 0.05) is 16.8 Å². The fourth-order valence-corrected chi connectivity index (χ4v) is 2.07. The fourth-order valence-electron chi connectivity index (χ4n) is 2.07. The van der Waals surface area contributed by atoms with E-state index in [1.54, 1.807) is 24.3 Å². The van der Waals surface area contributed by atoms with Crippen LogP contribution in [0.5, 0.6) is 0 Å². The second kappa shape index (κ2) is 6.70. The Morgan fingerprint density at radius 3 is 2.43 bits per heavy atom. The van der Waals surface area contributed by atoms with E-state index < -0.39 is 0 Å². The van der Waals surface area contributed by atoms with Gasteiger partial charge in [-0.1, -0.05) is 37.6 Å². The highest BCUT2D eigenvalue weighted by Gasteiger charge is 2.07. The average Bonchev–Trinajstić information content (AvgIpc) is 2.49. The number of amidine groups is 1. The molecule has 2 rings (SSSR count). The van der Waals surface area contributed by atoms with Crippen LogP contribution < -0.4 is 11.1 Å². The van der Waals surface area contributed by atoms with Crippen molar-refractivity contribution in [2.75, 3.05) is 5.32 Å². The number of nitrogens with one attached hydrogen (secondary N) is 2. The molecule has 0 spiro atoms. The second-order valence-corrected chi connectivity index (χ2v) is 4.90. The minimum Gasteiger partial charge on any atom is -0.384 e. The van der Waals surface area contributed by atoms with Gasteiger partial charge in [0.05, 0.1) is 0 Å².